The van der Waals surface area contributed by atoms with Crippen molar-refractivity contribution in [3.05, 3.63) is 24.3 Å². The maximum absolute atomic E-state index is 11.7. The summed E-state index contributed by atoms with van der Waals surface area (Å²) in [4.78, 5) is 11.7. The number of methoxy groups -OCH3 is 1. The molecule has 0 saturated carbocycles. The number of hydrogen-bond donors (Lipinski definition) is 2. The fourth-order valence-electron chi connectivity index (χ4n) is 1.56. The van der Waals surface area contributed by atoms with E-state index in [9.17, 15) is 4.79 Å². The Balaban J connectivity index is 2.27. The molecule has 0 aliphatic carbocycles. The van der Waals surface area contributed by atoms with Gasteiger partial charge in [0.25, 0.3) is 0 Å². The molecule has 0 bridgehead atoms. The first-order valence-electron chi connectivity index (χ1n) is 6.74. The van der Waals surface area contributed by atoms with Crippen molar-refractivity contribution in [2.75, 3.05) is 20.3 Å². The van der Waals surface area contributed by atoms with Crippen LogP contribution < -0.4 is 14.8 Å². The van der Waals surface area contributed by atoms with E-state index in [2.05, 4.69) is 5.32 Å². The lowest BCUT2D eigenvalue weighted by Gasteiger charge is -2.19. The molecule has 0 fully saturated rings. The standard InChI is InChI=1S/C15H23NO4/c1-11(10-17)12(2)16-15(18)8-9-20-14-6-4-13(19-3)5-7-14/h4-7,11-12,17H,8-10H2,1-3H3,(H,16,18). The van der Waals surface area contributed by atoms with Gasteiger partial charge in [-0.15, -0.1) is 0 Å². The van der Waals surface area contributed by atoms with Crippen molar-refractivity contribution < 1.29 is 19.4 Å². The molecule has 2 atom stereocenters. The molecular formula is C15H23NO4. The summed E-state index contributed by atoms with van der Waals surface area (Å²) in [5.74, 6) is 1.44. The molecule has 2 N–H and O–H groups in total. The van der Waals surface area contributed by atoms with Gasteiger partial charge in [0.1, 0.15) is 11.5 Å². The van der Waals surface area contributed by atoms with Crippen molar-refractivity contribution in [2.24, 2.45) is 5.92 Å². The van der Waals surface area contributed by atoms with Gasteiger partial charge in [0.05, 0.1) is 20.1 Å². The fraction of sp³-hybridized carbons (Fsp3) is 0.533. The Morgan fingerprint density at radius 3 is 2.40 bits per heavy atom. The Labute approximate surface area is 119 Å². The van der Waals surface area contributed by atoms with E-state index in [0.29, 0.717) is 12.4 Å². The second-order valence-corrected chi connectivity index (χ2v) is 4.79. The number of aliphatic hydroxyl groups is 1. The van der Waals surface area contributed by atoms with Crippen molar-refractivity contribution in [3.8, 4) is 11.5 Å². The molecule has 2 unspecified atom stereocenters. The molecule has 1 amide bonds. The van der Waals surface area contributed by atoms with Crippen molar-refractivity contribution in [3.63, 3.8) is 0 Å². The van der Waals surface area contributed by atoms with Gasteiger partial charge in [-0.25, -0.2) is 0 Å². The van der Waals surface area contributed by atoms with Crippen LogP contribution in [0.25, 0.3) is 0 Å². The van der Waals surface area contributed by atoms with Crippen LogP contribution in [0.4, 0.5) is 0 Å². The van der Waals surface area contributed by atoms with Gasteiger partial charge in [0.2, 0.25) is 5.91 Å². The maximum Gasteiger partial charge on any atom is 0.223 e. The first-order chi connectivity index (χ1) is 9.56. The van der Waals surface area contributed by atoms with E-state index in [1.54, 1.807) is 31.4 Å². The van der Waals surface area contributed by atoms with Crippen LogP contribution in [0.5, 0.6) is 11.5 Å². The average molecular weight is 281 g/mol. The molecule has 5 nitrogen and oxygen atoms in total. The summed E-state index contributed by atoms with van der Waals surface area (Å²) in [5, 5.41) is 11.8. The number of carbonyl (C=O) groups excluding carboxylic acids is 1. The Hall–Kier alpha value is -1.75. The van der Waals surface area contributed by atoms with Crippen molar-refractivity contribution in [2.45, 2.75) is 26.3 Å². The third-order valence-electron chi connectivity index (χ3n) is 3.19. The lowest BCUT2D eigenvalue weighted by Crippen LogP contribution is -2.38. The molecule has 0 saturated heterocycles. The second kappa shape index (κ2) is 8.43. The highest BCUT2D eigenvalue weighted by Crippen LogP contribution is 2.17. The molecule has 0 aromatic heterocycles. The highest BCUT2D eigenvalue weighted by atomic mass is 16.5. The average Bonchev–Trinajstić information content (AvgIpc) is 2.47. The number of hydrogen-bond acceptors (Lipinski definition) is 4. The topological polar surface area (TPSA) is 67.8 Å². The summed E-state index contributed by atoms with van der Waals surface area (Å²) in [6, 6.07) is 7.16. The van der Waals surface area contributed by atoms with Gasteiger partial charge in [-0.1, -0.05) is 6.92 Å². The van der Waals surface area contributed by atoms with Crippen LogP contribution in [-0.2, 0) is 4.79 Å². The van der Waals surface area contributed by atoms with Crippen LogP contribution in [0.2, 0.25) is 0 Å². The van der Waals surface area contributed by atoms with Crippen molar-refractivity contribution in [1.29, 1.82) is 0 Å². The minimum atomic E-state index is -0.0775. The van der Waals surface area contributed by atoms with Crippen molar-refractivity contribution >= 4 is 5.91 Å². The normalized spacial score (nSPS) is 13.4. The zero-order valence-corrected chi connectivity index (χ0v) is 12.3. The van der Waals surface area contributed by atoms with Gasteiger partial charge >= 0.3 is 0 Å². The van der Waals surface area contributed by atoms with Gasteiger partial charge in [-0.3, -0.25) is 4.79 Å². The van der Waals surface area contributed by atoms with E-state index in [4.69, 9.17) is 14.6 Å². The minimum absolute atomic E-state index is 0.0430. The van der Waals surface area contributed by atoms with E-state index in [-0.39, 0.29) is 30.9 Å². The number of carbonyl (C=O) groups is 1. The number of amides is 1. The number of nitrogens with one attached hydrogen (secondary N) is 1. The smallest absolute Gasteiger partial charge is 0.223 e. The van der Waals surface area contributed by atoms with Crippen LogP contribution in [0.1, 0.15) is 20.3 Å². The molecule has 0 aliphatic heterocycles. The lowest BCUT2D eigenvalue weighted by molar-refractivity contribution is -0.122. The summed E-state index contributed by atoms with van der Waals surface area (Å²) >= 11 is 0. The molecule has 0 spiro atoms. The molecule has 1 aromatic rings. The van der Waals surface area contributed by atoms with Gasteiger partial charge in [0, 0.05) is 12.6 Å². The zero-order chi connectivity index (χ0) is 15.0. The summed E-state index contributed by atoms with van der Waals surface area (Å²) in [5.41, 5.74) is 0. The number of benzene rings is 1. The summed E-state index contributed by atoms with van der Waals surface area (Å²) in [7, 11) is 1.61. The Morgan fingerprint density at radius 1 is 1.25 bits per heavy atom. The van der Waals surface area contributed by atoms with Gasteiger partial charge in [-0.2, -0.15) is 0 Å². The van der Waals surface area contributed by atoms with Crippen LogP contribution in [-0.4, -0.2) is 37.4 Å². The third kappa shape index (κ3) is 5.48. The Kier molecular flexibility index (Phi) is 6.87. The molecule has 0 aliphatic rings. The second-order valence-electron chi connectivity index (χ2n) is 4.79. The molecule has 0 radical (unpaired) electrons. The van der Waals surface area contributed by atoms with E-state index in [0.717, 1.165) is 5.75 Å². The molecule has 1 aromatic carbocycles. The van der Waals surface area contributed by atoms with Crippen molar-refractivity contribution in [1.82, 2.24) is 5.32 Å². The highest BCUT2D eigenvalue weighted by molar-refractivity contribution is 5.76. The predicted octanol–water partition coefficient (Wildman–Crippen LogP) is 1.60. The molecule has 20 heavy (non-hydrogen) atoms. The van der Waals surface area contributed by atoms with E-state index in [1.807, 2.05) is 13.8 Å². The van der Waals surface area contributed by atoms with Crippen LogP contribution in [0.15, 0.2) is 24.3 Å². The molecule has 0 heterocycles. The summed E-state index contributed by atoms with van der Waals surface area (Å²) in [6.45, 7) is 4.14. The van der Waals surface area contributed by atoms with Gasteiger partial charge in [-0.05, 0) is 37.1 Å². The van der Waals surface area contributed by atoms with Crippen LogP contribution in [0.3, 0.4) is 0 Å². The quantitative estimate of drug-likeness (QED) is 0.759. The molecular weight excluding hydrogens is 258 g/mol. The van der Waals surface area contributed by atoms with Gasteiger partial charge < -0.3 is 19.9 Å². The molecule has 112 valence electrons. The monoisotopic (exact) mass is 281 g/mol. The van der Waals surface area contributed by atoms with E-state index < -0.39 is 0 Å². The number of aliphatic hydroxyl groups excluding tert-OH is 1. The zero-order valence-electron chi connectivity index (χ0n) is 12.3. The SMILES string of the molecule is COc1ccc(OCCC(=O)NC(C)C(C)CO)cc1. The van der Waals surface area contributed by atoms with E-state index >= 15 is 0 Å². The lowest BCUT2D eigenvalue weighted by atomic mass is 10.1. The fourth-order valence-corrected chi connectivity index (χ4v) is 1.56. The first kappa shape index (κ1) is 16.3. The minimum Gasteiger partial charge on any atom is -0.497 e. The van der Waals surface area contributed by atoms with Gasteiger partial charge in [0.15, 0.2) is 0 Å². The van der Waals surface area contributed by atoms with Crippen LogP contribution in [0, 0.1) is 5.92 Å². The predicted molar refractivity (Wildman–Crippen MR) is 77.0 cm³/mol. The van der Waals surface area contributed by atoms with Crippen LogP contribution >= 0.6 is 0 Å². The largest absolute Gasteiger partial charge is 0.497 e. The molecule has 1 rings (SSSR count). The first-order valence-corrected chi connectivity index (χ1v) is 6.74. The maximum atomic E-state index is 11.7. The Bertz CT molecular complexity index is 405. The summed E-state index contributed by atoms with van der Waals surface area (Å²) < 4.78 is 10.5. The molecule has 5 heteroatoms. The number of ether oxygens (including phenoxy) is 2. The van der Waals surface area contributed by atoms with E-state index in [1.165, 1.54) is 0 Å². The number of rotatable bonds is 8. The summed E-state index contributed by atoms with van der Waals surface area (Å²) in [6.07, 6.45) is 0.286. The highest BCUT2D eigenvalue weighted by Gasteiger charge is 2.13. The Morgan fingerprint density at radius 2 is 1.85 bits per heavy atom. The third-order valence-corrected chi connectivity index (χ3v) is 3.19.